The van der Waals surface area contributed by atoms with E-state index in [9.17, 15) is 0 Å². The molecule has 0 unspecified atom stereocenters. The number of nitrogens with one attached hydrogen (secondary N) is 1. The molecule has 2 rings (SSSR count). The van der Waals surface area contributed by atoms with E-state index >= 15 is 0 Å². The number of aryl methyl sites for hydroxylation is 2. The first-order valence-corrected chi connectivity index (χ1v) is 5.88. The molecule has 0 saturated heterocycles. The molecule has 0 atom stereocenters. The molecule has 5 N–H and O–H groups in total. The van der Waals surface area contributed by atoms with E-state index in [0.29, 0.717) is 17.4 Å². The van der Waals surface area contributed by atoms with Crippen LogP contribution in [-0.2, 0) is 6.42 Å². The number of hydrogen-bond donors (Lipinski definition) is 3. The second-order valence-corrected chi connectivity index (χ2v) is 3.95. The summed E-state index contributed by atoms with van der Waals surface area (Å²) in [7, 11) is 0. The van der Waals surface area contributed by atoms with Gasteiger partial charge in [0.1, 0.15) is 5.82 Å². The highest BCUT2D eigenvalue weighted by Crippen LogP contribution is 2.25. The minimum absolute atomic E-state index is 0.0866. The van der Waals surface area contributed by atoms with E-state index in [4.69, 9.17) is 16.3 Å². The first kappa shape index (κ1) is 13.0. The summed E-state index contributed by atoms with van der Waals surface area (Å²) >= 11 is 0. The van der Waals surface area contributed by atoms with Gasteiger partial charge in [0.15, 0.2) is 5.75 Å². The largest absolute Gasteiger partial charge is 0.437 e. The van der Waals surface area contributed by atoms with Crippen molar-refractivity contribution in [1.29, 1.82) is 0 Å². The van der Waals surface area contributed by atoms with Crippen molar-refractivity contribution in [1.82, 2.24) is 15.0 Å². The Morgan fingerprint density at radius 2 is 2.05 bits per heavy atom. The molecule has 0 aliphatic heterocycles. The Bertz CT molecular complexity index is 586. The van der Waals surface area contributed by atoms with Crippen molar-refractivity contribution in [3.8, 4) is 11.6 Å². The number of nitrogens with zero attached hydrogens (tertiary/aromatic N) is 3. The van der Waals surface area contributed by atoms with Gasteiger partial charge in [-0.05, 0) is 25.5 Å². The molecule has 0 amide bonds. The van der Waals surface area contributed by atoms with Gasteiger partial charge in [0.25, 0.3) is 0 Å². The fraction of sp³-hybridized carbons (Fsp3) is 0.250. The van der Waals surface area contributed by atoms with Crippen LogP contribution in [0.25, 0.3) is 0 Å². The summed E-state index contributed by atoms with van der Waals surface area (Å²) in [6.45, 7) is 3.94. The molecule has 19 heavy (non-hydrogen) atoms. The third-order valence-corrected chi connectivity index (χ3v) is 2.49. The predicted octanol–water partition coefficient (Wildman–Crippen LogP) is 1.40. The molecule has 0 saturated carbocycles. The van der Waals surface area contributed by atoms with E-state index in [2.05, 4.69) is 20.4 Å². The molecule has 0 aliphatic rings. The maximum atomic E-state index is 5.69. The van der Waals surface area contributed by atoms with Crippen molar-refractivity contribution in [2.45, 2.75) is 20.3 Å². The molecule has 0 fully saturated rings. The van der Waals surface area contributed by atoms with Gasteiger partial charge in [0.05, 0.1) is 5.69 Å². The lowest BCUT2D eigenvalue weighted by Crippen LogP contribution is -2.10. The van der Waals surface area contributed by atoms with Crippen LogP contribution in [0, 0.1) is 6.92 Å². The maximum Gasteiger partial charge on any atom is 0.226 e. The third-order valence-electron chi connectivity index (χ3n) is 2.49. The Hall–Kier alpha value is -2.41. The number of hydrogen-bond acceptors (Lipinski definition) is 7. The van der Waals surface area contributed by atoms with E-state index in [1.807, 2.05) is 26.0 Å². The van der Waals surface area contributed by atoms with Gasteiger partial charge in [0.2, 0.25) is 11.8 Å². The standard InChI is InChI=1S/C12H16N6O/c1-3-8-9(5-4-7(2)15-8)19-11-6-10(18-14)16-12(13)17-11/h4-6H,3,14H2,1-2H3,(H3,13,16,17,18). The SMILES string of the molecule is CCc1nc(C)ccc1Oc1cc(NN)nc(N)n1. The zero-order chi connectivity index (χ0) is 13.8. The van der Waals surface area contributed by atoms with E-state index in [-0.39, 0.29) is 5.95 Å². The van der Waals surface area contributed by atoms with Crippen LogP contribution in [0.15, 0.2) is 18.2 Å². The minimum Gasteiger partial charge on any atom is -0.437 e. The fourth-order valence-electron chi connectivity index (χ4n) is 1.63. The van der Waals surface area contributed by atoms with Gasteiger partial charge in [-0.25, -0.2) is 5.84 Å². The first-order chi connectivity index (χ1) is 9.12. The molecule has 0 aromatic carbocycles. The number of nitrogens with two attached hydrogens (primary N) is 2. The minimum atomic E-state index is 0.0866. The van der Waals surface area contributed by atoms with Crippen LogP contribution in [0.2, 0.25) is 0 Å². The molecule has 2 aromatic rings. The second-order valence-electron chi connectivity index (χ2n) is 3.95. The highest BCUT2D eigenvalue weighted by molar-refractivity contribution is 5.43. The van der Waals surface area contributed by atoms with Crippen molar-refractivity contribution in [2.24, 2.45) is 5.84 Å². The van der Waals surface area contributed by atoms with Gasteiger partial charge >= 0.3 is 0 Å². The normalized spacial score (nSPS) is 10.3. The maximum absolute atomic E-state index is 5.69. The first-order valence-electron chi connectivity index (χ1n) is 5.88. The van der Waals surface area contributed by atoms with Gasteiger partial charge in [-0.1, -0.05) is 6.92 Å². The van der Waals surface area contributed by atoms with Gasteiger partial charge < -0.3 is 15.9 Å². The second kappa shape index (κ2) is 5.49. The van der Waals surface area contributed by atoms with E-state index < -0.39 is 0 Å². The molecular formula is C12H16N6O. The van der Waals surface area contributed by atoms with Crippen LogP contribution >= 0.6 is 0 Å². The number of hydrazine groups is 1. The number of anilines is 2. The summed E-state index contributed by atoms with van der Waals surface area (Å²) in [5.74, 6) is 6.74. The van der Waals surface area contributed by atoms with Crippen molar-refractivity contribution < 1.29 is 4.74 Å². The molecule has 100 valence electrons. The van der Waals surface area contributed by atoms with Gasteiger partial charge in [-0.2, -0.15) is 9.97 Å². The molecule has 2 aromatic heterocycles. The van der Waals surface area contributed by atoms with Gasteiger partial charge in [-0.3, -0.25) is 4.98 Å². The number of rotatable bonds is 4. The average molecular weight is 260 g/mol. The Morgan fingerprint density at radius 3 is 2.74 bits per heavy atom. The topological polar surface area (TPSA) is 112 Å². The lowest BCUT2D eigenvalue weighted by atomic mass is 10.2. The molecule has 7 nitrogen and oxygen atoms in total. The third kappa shape index (κ3) is 3.08. The van der Waals surface area contributed by atoms with Gasteiger partial charge in [-0.15, -0.1) is 0 Å². The lowest BCUT2D eigenvalue weighted by Gasteiger charge is -2.10. The molecule has 0 radical (unpaired) electrons. The fourth-order valence-corrected chi connectivity index (χ4v) is 1.63. The summed E-state index contributed by atoms with van der Waals surface area (Å²) in [5, 5.41) is 0. The van der Waals surface area contributed by atoms with Crippen LogP contribution in [0.1, 0.15) is 18.3 Å². The highest BCUT2D eigenvalue weighted by Gasteiger charge is 2.08. The Morgan fingerprint density at radius 1 is 1.26 bits per heavy atom. The number of nitrogen functional groups attached to an aromatic ring is 2. The number of aromatic nitrogens is 3. The Balaban J connectivity index is 2.33. The van der Waals surface area contributed by atoms with Crippen molar-refractivity contribution in [3.63, 3.8) is 0 Å². The summed E-state index contributed by atoms with van der Waals surface area (Å²) in [6, 6.07) is 5.30. The smallest absolute Gasteiger partial charge is 0.226 e. The van der Waals surface area contributed by atoms with Crippen LogP contribution in [0.3, 0.4) is 0 Å². The Kier molecular flexibility index (Phi) is 3.76. The van der Waals surface area contributed by atoms with Crippen LogP contribution < -0.4 is 21.7 Å². The molecule has 0 aliphatic carbocycles. The van der Waals surface area contributed by atoms with Crippen LogP contribution in [0.5, 0.6) is 11.6 Å². The molecule has 7 heteroatoms. The van der Waals surface area contributed by atoms with Gasteiger partial charge in [0, 0.05) is 11.8 Å². The predicted molar refractivity (Wildman–Crippen MR) is 72.7 cm³/mol. The zero-order valence-electron chi connectivity index (χ0n) is 10.8. The van der Waals surface area contributed by atoms with E-state index in [1.165, 1.54) is 0 Å². The highest BCUT2D eigenvalue weighted by atomic mass is 16.5. The summed E-state index contributed by atoms with van der Waals surface area (Å²) in [5.41, 5.74) is 9.78. The average Bonchev–Trinajstić information content (AvgIpc) is 2.40. The van der Waals surface area contributed by atoms with Crippen LogP contribution in [0.4, 0.5) is 11.8 Å². The summed E-state index contributed by atoms with van der Waals surface area (Å²) in [4.78, 5) is 12.3. The molecule has 2 heterocycles. The lowest BCUT2D eigenvalue weighted by molar-refractivity contribution is 0.454. The van der Waals surface area contributed by atoms with Crippen LogP contribution in [-0.4, -0.2) is 15.0 Å². The Labute approximate surface area is 111 Å². The zero-order valence-corrected chi connectivity index (χ0v) is 10.8. The van der Waals surface area contributed by atoms with Crippen molar-refractivity contribution >= 4 is 11.8 Å². The van der Waals surface area contributed by atoms with E-state index in [1.54, 1.807) is 6.07 Å². The molecular weight excluding hydrogens is 244 g/mol. The quantitative estimate of drug-likeness (QED) is 0.562. The summed E-state index contributed by atoms with van der Waals surface area (Å²) in [6.07, 6.45) is 0.763. The summed E-state index contributed by atoms with van der Waals surface area (Å²) < 4.78 is 5.69. The van der Waals surface area contributed by atoms with Crippen molar-refractivity contribution in [3.05, 3.63) is 29.6 Å². The number of ether oxygens (including phenoxy) is 1. The molecule has 0 bridgehead atoms. The molecule has 0 spiro atoms. The number of pyridine rings is 1. The monoisotopic (exact) mass is 260 g/mol. The van der Waals surface area contributed by atoms with Crippen molar-refractivity contribution in [2.75, 3.05) is 11.2 Å². The van der Waals surface area contributed by atoms with E-state index in [0.717, 1.165) is 17.8 Å².